The molecule has 3 rings (SSSR count). The van der Waals surface area contributed by atoms with Crippen LogP contribution >= 0.6 is 11.6 Å². The summed E-state index contributed by atoms with van der Waals surface area (Å²) in [4.78, 5) is 23.9. The number of aliphatic hydroxyl groups excluding tert-OH is 1. The zero-order valence-electron chi connectivity index (χ0n) is 12.6. The molecule has 0 aromatic heterocycles. The number of amides is 1. The molecule has 1 aromatic rings. The Labute approximate surface area is 134 Å². The second-order valence-corrected chi connectivity index (χ2v) is 6.65. The molecule has 1 aliphatic carbocycles. The van der Waals surface area contributed by atoms with Gasteiger partial charge in [-0.2, -0.15) is 0 Å². The minimum Gasteiger partial charge on any atom is -0.509 e. The van der Waals surface area contributed by atoms with Gasteiger partial charge in [0.15, 0.2) is 0 Å². The number of Topliss-reactive ketones (excluding diaryl/α,β-unsaturated/α-hetero) is 1. The molecule has 1 saturated carbocycles. The number of aliphatic hydroxyl groups is 1. The predicted octanol–water partition coefficient (Wildman–Crippen LogP) is 3.24. The number of halogens is 1. The van der Waals surface area contributed by atoms with Crippen molar-refractivity contribution >= 4 is 28.9 Å². The van der Waals surface area contributed by atoms with Crippen molar-refractivity contribution in [1.29, 1.82) is 0 Å². The number of hydrogen-bond acceptors (Lipinski definition) is 3. The van der Waals surface area contributed by atoms with E-state index in [2.05, 4.69) is 5.32 Å². The van der Waals surface area contributed by atoms with E-state index in [9.17, 15) is 14.7 Å². The van der Waals surface area contributed by atoms with Crippen LogP contribution in [0.3, 0.4) is 0 Å². The van der Waals surface area contributed by atoms with Crippen LogP contribution in [0.2, 0.25) is 5.02 Å². The third-order valence-corrected chi connectivity index (χ3v) is 4.90. The van der Waals surface area contributed by atoms with Crippen molar-refractivity contribution in [2.75, 3.05) is 0 Å². The van der Waals surface area contributed by atoms with Gasteiger partial charge in [0.2, 0.25) is 0 Å². The quantitative estimate of drug-likeness (QED) is 0.835. The molecule has 22 heavy (non-hydrogen) atoms. The number of ketones is 1. The van der Waals surface area contributed by atoms with Crippen LogP contribution in [0.25, 0.3) is 5.57 Å². The fraction of sp³-hybridized carbons (Fsp3) is 0.412. The number of rotatable bonds is 1. The molecule has 116 valence electrons. The molecule has 1 aliphatic heterocycles. The number of hydrogen-bond donors (Lipinski definition) is 2. The summed E-state index contributed by atoms with van der Waals surface area (Å²) in [5.74, 6) is -0.0288. The Hall–Kier alpha value is -1.81. The van der Waals surface area contributed by atoms with E-state index in [1.807, 2.05) is 13.8 Å². The Balaban J connectivity index is 2.12. The fourth-order valence-electron chi connectivity index (χ4n) is 3.54. The van der Waals surface area contributed by atoms with Crippen molar-refractivity contribution in [3.05, 3.63) is 39.6 Å². The van der Waals surface area contributed by atoms with Crippen LogP contribution in [0.5, 0.6) is 0 Å². The molecule has 1 amide bonds. The lowest BCUT2D eigenvalue weighted by atomic mass is 9.79. The second kappa shape index (κ2) is 5.13. The van der Waals surface area contributed by atoms with Gasteiger partial charge in [0, 0.05) is 17.9 Å². The maximum Gasteiger partial charge on any atom is 0.256 e. The number of benzene rings is 1. The molecule has 2 aliphatic rings. The summed E-state index contributed by atoms with van der Waals surface area (Å²) in [5, 5.41) is 14.3. The highest BCUT2D eigenvalue weighted by Crippen LogP contribution is 2.42. The van der Waals surface area contributed by atoms with Crippen LogP contribution in [0.1, 0.15) is 42.4 Å². The average molecular weight is 320 g/mol. The monoisotopic (exact) mass is 319 g/mol. The first-order valence-corrected chi connectivity index (χ1v) is 7.77. The number of aryl methyl sites for hydroxylation is 2. The first kappa shape index (κ1) is 15.1. The zero-order chi connectivity index (χ0) is 16.1. The van der Waals surface area contributed by atoms with E-state index in [0.29, 0.717) is 36.3 Å². The van der Waals surface area contributed by atoms with Gasteiger partial charge in [0.25, 0.3) is 5.91 Å². The van der Waals surface area contributed by atoms with Gasteiger partial charge in [-0.1, -0.05) is 11.6 Å². The van der Waals surface area contributed by atoms with E-state index >= 15 is 0 Å². The van der Waals surface area contributed by atoms with Crippen molar-refractivity contribution in [2.24, 2.45) is 0 Å². The van der Waals surface area contributed by atoms with Crippen molar-refractivity contribution in [1.82, 2.24) is 5.32 Å². The first-order valence-electron chi connectivity index (χ1n) is 7.39. The van der Waals surface area contributed by atoms with Crippen LogP contribution in [0, 0.1) is 13.8 Å². The fourth-order valence-corrected chi connectivity index (χ4v) is 3.87. The highest BCUT2D eigenvalue weighted by molar-refractivity contribution is 6.31. The molecule has 4 nitrogen and oxygen atoms in total. The summed E-state index contributed by atoms with van der Waals surface area (Å²) >= 11 is 6.04. The molecule has 1 heterocycles. The van der Waals surface area contributed by atoms with Crippen LogP contribution in [0.4, 0.5) is 0 Å². The van der Waals surface area contributed by atoms with Crippen molar-refractivity contribution in [3.63, 3.8) is 0 Å². The van der Waals surface area contributed by atoms with Gasteiger partial charge in [0.1, 0.15) is 11.5 Å². The minimum atomic E-state index is -0.779. The van der Waals surface area contributed by atoms with Gasteiger partial charge in [-0.3, -0.25) is 9.59 Å². The summed E-state index contributed by atoms with van der Waals surface area (Å²) in [6, 6.07) is 3.57. The lowest BCUT2D eigenvalue weighted by Crippen LogP contribution is -2.47. The van der Waals surface area contributed by atoms with E-state index in [1.165, 1.54) is 0 Å². The van der Waals surface area contributed by atoms with E-state index in [-0.39, 0.29) is 17.4 Å². The average Bonchev–Trinajstić information content (AvgIpc) is 2.66. The van der Waals surface area contributed by atoms with Gasteiger partial charge >= 0.3 is 0 Å². The van der Waals surface area contributed by atoms with Gasteiger partial charge < -0.3 is 10.4 Å². The maximum absolute atomic E-state index is 12.5. The molecule has 0 radical (unpaired) electrons. The first-order chi connectivity index (χ1) is 10.3. The van der Waals surface area contributed by atoms with Crippen LogP contribution in [0.15, 0.2) is 17.9 Å². The van der Waals surface area contributed by atoms with Crippen molar-refractivity contribution < 1.29 is 14.7 Å². The van der Waals surface area contributed by atoms with Gasteiger partial charge in [-0.25, -0.2) is 0 Å². The predicted molar refractivity (Wildman–Crippen MR) is 84.8 cm³/mol. The SMILES string of the molecule is Cc1cc(Cl)cc(C)c1C1=C(O)C2(CCC(=O)CC2)NC1=O. The topological polar surface area (TPSA) is 66.4 Å². The van der Waals surface area contributed by atoms with Crippen molar-refractivity contribution in [3.8, 4) is 0 Å². The van der Waals surface area contributed by atoms with Crippen LogP contribution < -0.4 is 5.32 Å². The normalized spacial score (nSPS) is 20.7. The van der Waals surface area contributed by atoms with Crippen LogP contribution in [-0.4, -0.2) is 22.3 Å². The molecule has 1 aromatic carbocycles. The standard InChI is InChI=1S/C17H18ClNO3/c1-9-7-11(18)8-10(2)13(9)14-15(21)17(19-16(14)22)5-3-12(20)4-6-17/h7-8,21H,3-6H2,1-2H3,(H,19,22). The molecule has 0 unspecified atom stereocenters. The third-order valence-electron chi connectivity index (χ3n) is 4.68. The molecule has 1 fully saturated rings. The smallest absolute Gasteiger partial charge is 0.256 e. The Morgan fingerprint density at radius 1 is 1.14 bits per heavy atom. The summed E-state index contributed by atoms with van der Waals surface area (Å²) in [7, 11) is 0. The van der Waals surface area contributed by atoms with Gasteiger partial charge in [-0.05, 0) is 55.5 Å². The van der Waals surface area contributed by atoms with E-state index in [4.69, 9.17) is 11.6 Å². The highest BCUT2D eigenvalue weighted by atomic mass is 35.5. The van der Waals surface area contributed by atoms with Crippen LogP contribution in [-0.2, 0) is 9.59 Å². The summed E-state index contributed by atoms with van der Waals surface area (Å²) in [5.41, 5.74) is 1.98. The summed E-state index contributed by atoms with van der Waals surface area (Å²) in [6.07, 6.45) is 1.68. The Morgan fingerprint density at radius 2 is 1.68 bits per heavy atom. The molecule has 0 saturated heterocycles. The lowest BCUT2D eigenvalue weighted by molar-refractivity contribution is -0.123. The molecule has 1 spiro atoms. The van der Waals surface area contributed by atoms with Crippen molar-refractivity contribution in [2.45, 2.75) is 45.1 Å². The third kappa shape index (κ3) is 2.22. The van der Waals surface area contributed by atoms with Gasteiger partial charge in [-0.15, -0.1) is 0 Å². The van der Waals surface area contributed by atoms with E-state index < -0.39 is 5.54 Å². The molecule has 2 N–H and O–H groups in total. The number of carbonyl (C=O) groups is 2. The summed E-state index contributed by atoms with van der Waals surface area (Å²) < 4.78 is 0. The number of carbonyl (C=O) groups excluding carboxylic acids is 2. The van der Waals surface area contributed by atoms with E-state index in [1.54, 1.807) is 12.1 Å². The Bertz CT molecular complexity index is 688. The molecule has 0 atom stereocenters. The molecule has 0 bridgehead atoms. The number of nitrogens with one attached hydrogen (secondary N) is 1. The molecule has 5 heteroatoms. The molecular weight excluding hydrogens is 302 g/mol. The zero-order valence-corrected chi connectivity index (χ0v) is 13.4. The maximum atomic E-state index is 12.5. The second-order valence-electron chi connectivity index (χ2n) is 6.21. The largest absolute Gasteiger partial charge is 0.509 e. The Kier molecular flexibility index (Phi) is 3.52. The minimum absolute atomic E-state index is 0.0681. The van der Waals surface area contributed by atoms with Gasteiger partial charge in [0.05, 0.1) is 11.1 Å². The lowest BCUT2D eigenvalue weighted by Gasteiger charge is -2.32. The highest BCUT2D eigenvalue weighted by Gasteiger charge is 2.48. The summed E-state index contributed by atoms with van der Waals surface area (Å²) in [6.45, 7) is 3.74. The Morgan fingerprint density at radius 3 is 2.23 bits per heavy atom. The molecular formula is C17H18ClNO3. The van der Waals surface area contributed by atoms with E-state index in [0.717, 1.165) is 16.7 Å².